The zero-order valence-corrected chi connectivity index (χ0v) is 17.3. The molecule has 28 heavy (non-hydrogen) atoms. The number of anilines is 1. The minimum Gasteiger partial charge on any atom is -0.465 e. The molecule has 8 nitrogen and oxygen atoms in total. The Hall–Kier alpha value is -2.39. The molecule has 2 heterocycles. The van der Waals surface area contributed by atoms with Gasteiger partial charge in [0, 0.05) is 4.88 Å². The Kier molecular flexibility index (Phi) is 6.04. The zero-order chi connectivity index (χ0) is 20.4. The number of carbonyl (C=O) groups excluding carboxylic acids is 3. The third-order valence-corrected chi connectivity index (χ3v) is 6.25. The Morgan fingerprint density at radius 3 is 2.68 bits per heavy atom. The van der Waals surface area contributed by atoms with Crippen molar-refractivity contribution in [3.8, 4) is 0 Å². The standard InChI is InChI=1S/C18H20ClN3O5S/c1-9-16(19)10(2)22(21-9)7-14(24)27-8-13(23)20-17-15(18(25)26-3)11-5-4-6-12(11)28-17/h4-8H2,1-3H3,(H,20,23). The molecule has 0 fully saturated rings. The summed E-state index contributed by atoms with van der Waals surface area (Å²) in [7, 11) is 1.31. The van der Waals surface area contributed by atoms with E-state index < -0.39 is 24.5 Å². The summed E-state index contributed by atoms with van der Waals surface area (Å²) in [5.74, 6) is -1.61. The van der Waals surface area contributed by atoms with Crippen molar-refractivity contribution in [3.63, 3.8) is 0 Å². The Balaban J connectivity index is 1.60. The zero-order valence-electron chi connectivity index (χ0n) is 15.8. The maximum Gasteiger partial charge on any atom is 0.341 e. The highest BCUT2D eigenvalue weighted by Crippen LogP contribution is 2.39. The Labute approximate surface area is 170 Å². The number of esters is 2. The quantitative estimate of drug-likeness (QED) is 0.714. The molecule has 0 saturated heterocycles. The molecule has 10 heteroatoms. The third-order valence-electron chi connectivity index (χ3n) is 4.50. The summed E-state index contributed by atoms with van der Waals surface area (Å²) in [6.45, 7) is 2.87. The van der Waals surface area contributed by atoms with Crippen molar-refractivity contribution in [3.05, 3.63) is 32.4 Å². The lowest BCUT2D eigenvalue weighted by molar-refractivity contribution is -0.148. The number of ether oxygens (including phenoxy) is 2. The number of nitrogens with one attached hydrogen (secondary N) is 1. The van der Waals surface area contributed by atoms with Gasteiger partial charge in [-0.2, -0.15) is 5.10 Å². The van der Waals surface area contributed by atoms with Crippen LogP contribution in [0, 0.1) is 13.8 Å². The highest BCUT2D eigenvalue weighted by molar-refractivity contribution is 7.17. The normalized spacial score (nSPS) is 12.6. The van der Waals surface area contributed by atoms with Gasteiger partial charge in [0.05, 0.1) is 29.1 Å². The van der Waals surface area contributed by atoms with E-state index in [1.54, 1.807) is 13.8 Å². The van der Waals surface area contributed by atoms with E-state index in [1.807, 2.05) is 0 Å². The number of fused-ring (bicyclic) bond motifs is 1. The number of thiophene rings is 1. The van der Waals surface area contributed by atoms with Gasteiger partial charge in [-0.3, -0.25) is 14.3 Å². The number of aromatic nitrogens is 2. The number of hydrogen-bond donors (Lipinski definition) is 1. The van der Waals surface area contributed by atoms with Crippen molar-refractivity contribution in [2.45, 2.75) is 39.7 Å². The minimum atomic E-state index is -0.612. The fourth-order valence-electron chi connectivity index (χ4n) is 3.12. The van der Waals surface area contributed by atoms with Crippen molar-refractivity contribution in [1.29, 1.82) is 0 Å². The minimum absolute atomic E-state index is 0.145. The molecule has 2 aromatic rings. The molecule has 1 amide bonds. The molecule has 150 valence electrons. The van der Waals surface area contributed by atoms with Crippen LogP contribution in [-0.2, 0) is 38.4 Å². The highest BCUT2D eigenvalue weighted by atomic mass is 35.5. The van der Waals surface area contributed by atoms with E-state index >= 15 is 0 Å². The molecule has 3 rings (SSSR count). The van der Waals surface area contributed by atoms with Crippen LogP contribution in [0.25, 0.3) is 0 Å². The molecule has 0 radical (unpaired) electrons. The molecule has 2 aromatic heterocycles. The second kappa shape index (κ2) is 8.32. The van der Waals surface area contributed by atoms with Gasteiger partial charge in [0.25, 0.3) is 5.91 Å². The Bertz CT molecular complexity index is 950. The first-order chi connectivity index (χ1) is 13.3. The Morgan fingerprint density at radius 1 is 1.29 bits per heavy atom. The molecule has 0 saturated carbocycles. The highest BCUT2D eigenvalue weighted by Gasteiger charge is 2.28. The summed E-state index contributed by atoms with van der Waals surface area (Å²) in [6, 6.07) is 0. The van der Waals surface area contributed by atoms with Gasteiger partial charge in [-0.1, -0.05) is 11.6 Å². The largest absolute Gasteiger partial charge is 0.465 e. The predicted molar refractivity (Wildman–Crippen MR) is 104 cm³/mol. The maximum absolute atomic E-state index is 12.2. The lowest BCUT2D eigenvalue weighted by Gasteiger charge is -2.08. The molecule has 0 atom stereocenters. The fraction of sp³-hybridized carbons (Fsp3) is 0.444. The number of aryl methyl sites for hydroxylation is 2. The maximum atomic E-state index is 12.2. The van der Waals surface area contributed by atoms with Crippen molar-refractivity contribution < 1.29 is 23.9 Å². The SMILES string of the molecule is COC(=O)c1c(NC(=O)COC(=O)Cn2nc(C)c(Cl)c2C)sc2c1CCC2. The molecule has 0 bridgehead atoms. The van der Waals surface area contributed by atoms with Gasteiger partial charge in [-0.25, -0.2) is 4.79 Å². The van der Waals surface area contributed by atoms with Gasteiger partial charge in [0.1, 0.15) is 11.5 Å². The number of nitrogens with zero attached hydrogens (tertiary/aromatic N) is 2. The molecule has 1 aliphatic carbocycles. The first-order valence-corrected chi connectivity index (χ1v) is 9.89. The lowest BCUT2D eigenvalue weighted by Crippen LogP contribution is -2.24. The van der Waals surface area contributed by atoms with Crippen LogP contribution in [-0.4, -0.2) is 41.3 Å². The van der Waals surface area contributed by atoms with Crippen molar-refractivity contribution in [2.24, 2.45) is 0 Å². The number of hydrogen-bond acceptors (Lipinski definition) is 7. The van der Waals surface area contributed by atoms with Crippen LogP contribution in [0.4, 0.5) is 5.00 Å². The van der Waals surface area contributed by atoms with E-state index in [9.17, 15) is 14.4 Å². The fourth-order valence-corrected chi connectivity index (χ4v) is 4.54. The molecular formula is C18H20ClN3O5S. The molecule has 0 spiro atoms. The average Bonchev–Trinajstić information content (AvgIpc) is 3.30. The number of rotatable bonds is 6. The van der Waals surface area contributed by atoms with E-state index in [0.717, 1.165) is 29.7 Å². The van der Waals surface area contributed by atoms with E-state index in [4.69, 9.17) is 21.1 Å². The monoisotopic (exact) mass is 425 g/mol. The van der Waals surface area contributed by atoms with Crippen molar-refractivity contribution in [1.82, 2.24) is 9.78 Å². The molecular weight excluding hydrogens is 406 g/mol. The lowest BCUT2D eigenvalue weighted by atomic mass is 10.1. The van der Waals surface area contributed by atoms with Gasteiger partial charge in [-0.05, 0) is 38.7 Å². The van der Waals surface area contributed by atoms with Crippen LogP contribution >= 0.6 is 22.9 Å². The second-order valence-corrected chi connectivity index (χ2v) is 7.89. The molecule has 1 N–H and O–H groups in total. The number of halogens is 1. The van der Waals surface area contributed by atoms with E-state index in [2.05, 4.69) is 10.4 Å². The summed E-state index contributed by atoms with van der Waals surface area (Å²) >= 11 is 7.41. The Morgan fingerprint density at radius 2 is 2.04 bits per heavy atom. The van der Waals surface area contributed by atoms with Crippen molar-refractivity contribution >= 4 is 45.8 Å². The summed E-state index contributed by atoms with van der Waals surface area (Å²) in [6.07, 6.45) is 2.64. The number of amides is 1. The summed E-state index contributed by atoms with van der Waals surface area (Å²) in [5, 5.41) is 7.73. The van der Waals surface area contributed by atoms with E-state index in [1.165, 1.54) is 23.1 Å². The van der Waals surface area contributed by atoms with Crippen LogP contribution < -0.4 is 5.32 Å². The van der Waals surface area contributed by atoms with Crippen LogP contribution in [0.3, 0.4) is 0 Å². The van der Waals surface area contributed by atoms with E-state index in [-0.39, 0.29) is 6.54 Å². The van der Waals surface area contributed by atoms with Crippen molar-refractivity contribution in [2.75, 3.05) is 19.0 Å². The van der Waals surface area contributed by atoms with Crippen LogP contribution in [0.15, 0.2) is 0 Å². The second-order valence-electron chi connectivity index (χ2n) is 6.40. The average molecular weight is 426 g/mol. The van der Waals surface area contributed by atoms with Crippen LogP contribution in [0.5, 0.6) is 0 Å². The predicted octanol–water partition coefficient (Wildman–Crippen LogP) is 2.67. The first kappa shape index (κ1) is 20.3. The van der Waals surface area contributed by atoms with E-state index in [0.29, 0.717) is 27.0 Å². The molecule has 0 aromatic carbocycles. The summed E-state index contributed by atoms with van der Waals surface area (Å²) in [5.41, 5.74) is 2.60. The first-order valence-electron chi connectivity index (χ1n) is 8.69. The van der Waals surface area contributed by atoms with Crippen LogP contribution in [0.1, 0.15) is 38.6 Å². The van der Waals surface area contributed by atoms with Gasteiger partial charge in [0.2, 0.25) is 0 Å². The summed E-state index contributed by atoms with van der Waals surface area (Å²) in [4.78, 5) is 37.4. The van der Waals surface area contributed by atoms with Crippen LogP contribution in [0.2, 0.25) is 5.02 Å². The van der Waals surface area contributed by atoms with Gasteiger partial charge in [-0.15, -0.1) is 11.3 Å². The summed E-state index contributed by atoms with van der Waals surface area (Å²) < 4.78 is 11.3. The molecule has 1 aliphatic rings. The topological polar surface area (TPSA) is 99.5 Å². The smallest absolute Gasteiger partial charge is 0.341 e. The van der Waals surface area contributed by atoms with Gasteiger partial charge < -0.3 is 14.8 Å². The number of methoxy groups -OCH3 is 1. The third kappa shape index (κ3) is 4.05. The molecule has 0 unspecified atom stereocenters. The number of carbonyl (C=O) groups is 3. The molecule has 0 aliphatic heterocycles. The van der Waals surface area contributed by atoms with Gasteiger partial charge in [0.15, 0.2) is 6.61 Å². The van der Waals surface area contributed by atoms with Gasteiger partial charge >= 0.3 is 11.9 Å².